The Kier molecular flexibility index (Phi) is 2.55. The van der Waals surface area contributed by atoms with Gasteiger partial charge in [0, 0.05) is 11.3 Å². The lowest BCUT2D eigenvalue weighted by atomic mass is 9.97. The van der Waals surface area contributed by atoms with Crippen molar-refractivity contribution in [3.63, 3.8) is 0 Å². The van der Waals surface area contributed by atoms with Crippen molar-refractivity contribution >= 4 is 27.2 Å². The van der Waals surface area contributed by atoms with E-state index in [9.17, 15) is 0 Å². The van der Waals surface area contributed by atoms with Crippen molar-refractivity contribution in [1.82, 2.24) is 19.6 Å². The zero-order valence-electron chi connectivity index (χ0n) is 11.0. The number of fused-ring (bicyclic) bond motifs is 5. The van der Waals surface area contributed by atoms with E-state index in [-0.39, 0.29) is 0 Å². The van der Waals surface area contributed by atoms with Gasteiger partial charge in [0.2, 0.25) is 0 Å². The van der Waals surface area contributed by atoms with E-state index in [1.807, 2.05) is 22.2 Å². The zero-order chi connectivity index (χ0) is 12.8. The minimum absolute atomic E-state index is 0.938. The molecule has 3 aromatic heterocycles. The number of hydrogen-bond acceptors (Lipinski definition) is 4. The normalized spacial score (nSPS) is 15.2. The number of rotatable bonds is 2. The first-order valence-electron chi connectivity index (χ1n) is 7.01. The average molecular weight is 272 g/mol. The van der Waals surface area contributed by atoms with Crippen molar-refractivity contribution in [3.05, 3.63) is 22.6 Å². The average Bonchev–Trinajstić information content (AvgIpc) is 2.98. The highest BCUT2D eigenvalue weighted by molar-refractivity contribution is 7.19. The number of hydrogen-bond donors (Lipinski definition) is 0. The summed E-state index contributed by atoms with van der Waals surface area (Å²) < 4.78 is 1.86. The van der Waals surface area contributed by atoms with Gasteiger partial charge in [0.05, 0.1) is 5.39 Å². The SMILES string of the molecule is CCCc1nc2c3c4c(sc3ncn2n1)CCCC4. The number of aromatic nitrogens is 4. The Morgan fingerprint density at radius 2 is 2.21 bits per heavy atom. The maximum atomic E-state index is 4.73. The maximum absolute atomic E-state index is 4.73. The zero-order valence-corrected chi connectivity index (χ0v) is 11.8. The Balaban J connectivity index is 2.03. The topological polar surface area (TPSA) is 43.1 Å². The maximum Gasteiger partial charge on any atom is 0.167 e. The van der Waals surface area contributed by atoms with Crippen LogP contribution in [0.2, 0.25) is 0 Å². The van der Waals surface area contributed by atoms with Crippen LogP contribution in [-0.4, -0.2) is 19.6 Å². The molecule has 98 valence electrons. The molecule has 0 spiro atoms. The van der Waals surface area contributed by atoms with Gasteiger partial charge < -0.3 is 0 Å². The molecule has 3 heterocycles. The van der Waals surface area contributed by atoms with Crippen LogP contribution in [0, 0.1) is 0 Å². The number of nitrogens with zero attached hydrogens (tertiary/aromatic N) is 4. The highest BCUT2D eigenvalue weighted by atomic mass is 32.1. The molecule has 5 heteroatoms. The summed E-state index contributed by atoms with van der Waals surface area (Å²) in [5.74, 6) is 0.938. The quantitative estimate of drug-likeness (QED) is 0.719. The van der Waals surface area contributed by atoms with Crippen LogP contribution in [0.3, 0.4) is 0 Å². The Bertz CT molecular complexity index is 756. The molecule has 0 radical (unpaired) electrons. The molecule has 0 aromatic carbocycles. The van der Waals surface area contributed by atoms with Crippen LogP contribution in [0.4, 0.5) is 0 Å². The van der Waals surface area contributed by atoms with Crippen LogP contribution in [0.25, 0.3) is 15.9 Å². The molecule has 3 aromatic rings. The van der Waals surface area contributed by atoms with Gasteiger partial charge in [0.25, 0.3) is 0 Å². The van der Waals surface area contributed by atoms with Crippen LogP contribution in [0.15, 0.2) is 6.33 Å². The van der Waals surface area contributed by atoms with Gasteiger partial charge in [-0.1, -0.05) is 6.92 Å². The van der Waals surface area contributed by atoms with Crippen LogP contribution in [-0.2, 0) is 19.3 Å². The van der Waals surface area contributed by atoms with E-state index in [0.29, 0.717) is 0 Å². The van der Waals surface area contributed by atoms with Gasteiger partial charge in [-0.05, 0) is 37.7 Å². The molecule has 19 heavy (non-hydrogen) atoms. The molecular weight excluding hydrogens is 256 g/mol. The summed E-state index contributed by atoms with van der Waals surface area (Å²) in [5, 5.41) is 5.79. The van der Waals surface area contributed by atoms with Crippen molar-refractivity contribution in [2.45, 2.75) is 45.4 Å². The Morgan fingerprint density at radius 1 is 1.32 bits per heavy atom. The first-order chi connectivity index (χ1) is 9.36. The van der Waals surface area contributed by atoms with Crippen LogP contribution < -0.4 is 0 Å². The van der Waals surface area contributed by atoms with Crippen molar-refractivity contribution in [3.8, 4) is 0 Å². The molecule has 0 bridgehead atoms. The second kappa shape index (κ2) is 4.27. The minimum atomic E-state index is 0.938. The number of thiophene rings is 1. The lowest BCUT2D eigenvalue weighted by Gasteiger charge is -2.09. The monoisotopic (exact) mass is 272 g/mol. The first kappa shape index (κ1) is 11.3. The van der Waals surface area contributed by atoms with E-state index in [1.165, 1.54) is 41.5 Å². The standard InChI is InChI=1S/C14H16N4S/c1-2-5-11-16-13-12-9-6-3-4-7-10(9)19-14(12)15-8-18(13)17-11/h8H,2-7H2,1H3. The van der Waals surface area contributed by atoms with E-state index in [1.54, 1.807) is 0 Å². The highest BCUT2D eigenvalue weighted by Gasteiger charge is 2.20. The van der Waals surface area contributed by atoms with Crippen LogP contribution in [0.1, 0.15) is 42.5 Å². The molecule has 4 nitrogen and oxygen atoms in total. The van der Waals surface area contributed by atoms with Gasteiger partial charge >= 0.3 is 0 Å². The molecule has 0 fully saturated rings. The Labute approximate surface area is 115 Å². The van der Waals surface area contributed by atoms with Gasteiger partial charge in [-0.15, -0.1) is 16.4 Å². The lowest BCUT2D eigenvalue weighted by Crippen LogP contribution is -1.99. The second-order valence-electron chi connectivity index (χ2n) is 5.18. The van der Waals surface area contributed by atoms with Gasteiger partial charge in [-0.2, -0.15) is 0 Å². The molecule has 0 N–H and O–H groups in total. The van der Waals surface area contributed by atoms with E-state index in [4.69, 9.17) is 4.98 Å². The molecule has 0 amide bonds. The summed E-state index contributed by atoms with van der Waals surface area (Å²) >= 11 is 1.84. The van der Waals surface area contributed by atoms with Gasteiger partial charge in [-0.25, -0.2) is 14.5 Å². The highest BCUT2D eigenvalue weighted by Crippen LogP contribution is 2.36. The predicted octanol–water partition coefficient (Wildman–Crippen LogP) is 3.17. The van der Waals surface area contributed by atoms with Crippen molar-refractivity contribution < 1.29 is 0 Å². The van der Waals surface area contributed by atoms with E-state index in [2.05, 4.69) is 17.0 Å². The summed E-state index contributed by atoms with van der Waals surface area (Å²) in [6.07, 6.45) is 8.81. The Hall–Kier alpha value is -1.49. The van der Waals surface area contributed by atoms with E-state index >= 15 is 0 Å². The minimum Gasteiger partial charge on any atom is -0.225 e. The number of aryl methyl sites for hydroxylation is 3. The molecule has 0 atom stereocenters. The molecular formula is C14H16N4S. The van der Waals surface area contributed by atoms with Gasteiger partial charge in [0.15, 0.2) is 11.5 Å². The summed E-state index contributed by atoms with van der Waals surface area (Å²) in [6.45, 7) is 2.16. The van der Waals surface area contributed by atoms with Crippen LogP contribution in [0.5, 0.6) is 0 Å². The summed E-state index contributed by atoms with van der Waals surface area (Å²) in [7, 11) is 0. The first-order valence-corrected chi connectivity index (χ1v) is 7.83. The molecule has 0 aliphatic heterocycles. The fraction of sp³-hybridized carbons (Fsp3) is 0.500. The predicted molar refractivity (Wildman–Crippen MR) is 76.8 cm³/mol. The molecule has 0 saturated heterocycles. The smallest absolute Gasteiger partial charge is 0.167 e. The third-order valence-corrected chi connectivity index (χ3v) is 5.01. The van der Waals surface area contributed by atoms with E-state index in [0.717, 1.165) is 29.1 Å². The summed E-state index contributed by atoms with van der Waals surface area (Å²) in [5.41, 5.74) is 2.49. The lowest BCUT2D eigenvalue weighted by molar-refractivity contribution is 0.700. The van der Waals surface area contributed by atoms with Crippen LogP contribution >= 0.6 is 11.3 Å². The van der Waals surface area contributed by atoms with Gasteiger partial charge in [0.1, 0.15) is 11.2 Å². The largest absolute Gasteiger partial charge is 0.225 e. The fourth-order valence-corrected chi connectivity index (χ4v) is 4.15. The third-order valence-electron chi connectivity index (χ3n) is 3.81. The fourth-order valence-electron chi connectivity index (χ4n) is 2.93. The van der Waals surface area contributed by atoms with Crippen molar-refractivity contribution in [2.24, 2.45) is 0 Å². The molecule has 0 unspecified atom stereocenters. The summed E-state index contributed by atoms with van der Waals surface area (Å²) in [4.78, 5) is 11.9. The second-order valence-corrected chi connectivity index (χ2v) is 6.27. The van der Waals surface area contributed by atoms with Crippen molar-refractivity contribution in [2.75, 3.05) is 0 Å². The molecule has 1 aliphatic rings. The summed E-state index contributed by atoms with van der Waals surface area (Å²) in [6, 6.07) is 0. The van der Waals surface area contributed by atoms with E-state index < -0.39 is 0 Å². The molecule has 0 saturated carbocycles. The van der Waals surface area contributed by atoms with Gasteiger partial charge in [-0.3, -0.25) is 0 Å². The Morgan fingerprint density at radius 3 is 3.11 bits per heavy atom. The third kappa shape index (κ3) is 1.68. The molecule has 4 rings (SSSR count). The molecule has 1 aliphatic carbocycles. The van der Waals surface area contributed by atoms with Crippen molar-refractivity contribution in [1.29, 1.82) is 0 Å².